The second-order valence-electron chi connectivity index (χ2n) is 6.47. The molecule has 1 heterocycles. The Balaban J connectivity index is 1.74. The highest BCUT2D eigenvalue weighted by Crippen LogP contribution is 2.19. The molecule has 0 unspecified atom stereocenters. The molecule has 6 nitrogen and oxygen atoms in total. The molecule has 1 aliphatic heterocycles. The molecule has 0 bridgehead atoms. The number of amides is 2. The molecule has 1 aromatic rings. The van der Waals surface area contributed by atoms with Gasteiger partial charge in [0.15, 0.2) is 6.54 Å². The standard InChI is InChI=1S/C18H27ClN4O2/c1-3-7-20-18(25)14(2)21-17(24)13-22-8-10-23(11-9-22)16-6-4-5-15(19)12-16/h4-6,12,14H,3,7-11,13H2,1-2H3,(H,20,25)(H,21,24)/p+1/t14-/m1/s1. The van der Waals surface area contributed by atoms with Gasteiger partial charge in [-0.15, -0.1) is 0 Å². The lowest BCUT2D eigenvalue weighted by molar-refractivity contribution is -0.892. The van der Waals surface area contributed by atoms with Crippen molar-refractivity contribution in [1.82, 2.24) is 10.6 Å². The van der Waals surface area contributed by atoms with Gasteiger partial charge in [0, 0.05) is 17.3 Å². The minimum atomic E-state index is -0.494. The van der Waals surface area contributed by atoms with Gasteiger partial charge >= 0.3 is 0 Å². The lowest BCUT2D eigenvalue weighted by Gasteiger charge is -2.33. The number of hydrogen-bond acceptors (Lipinski definition) is 3. The molecule has 0 aliphatic carbocycles. The van der Waals surface area contributed by atoms with Crippen molar-refractivity contribution in [3.8, 4) is 0 Å². The zero-order valence-corrected chi connectivity index (χ0v) is 15.7. The number of piperazine rings is 1. The van der Waals surface area contributed by atoms with Crippen LogP contribution in [0, 0.1) is 0 Å². The Labute approximate surface area is 154 Å². The molecule has 3 N–H and O–H groups in total. The first-order valence-corrected chi connectivity index (χ1v) is 9.28. The fraction of sp³-hybridized carbons (Fsp3) is 0.556. The maximum Gasteiger partial charge on any atom is 0.275 e. The molecule has 0 saturated carbocycles. The minimum Gasteiger partial charge on any atom is -0.360 e. The average molecular weight is 368 g/mol. The Morgan fingerprint density at radius 3 is 2.68 bits per heavy atom. The molecule has 0 radical (unpaired) electrons. The third kappa shape index (κ3) is 6.21. The highest BCUT2D eigenvalue weighted by molar-refractivity contribution is 6.30. The molecule has 7 heteroatoms. The summed E-state index contributed by atoms with van der Waals surface area (Å²) in [5.74, 6) is -0.207. The number of nitrogens with zero attached hydrogens (tertiary/aromatic N) is 1. The van der Waals surface area contributed by atoms with E-state index in [1.165, 1.54) is 4.90 Å². The van der Waals surface area contributed by atoms with Gasteiger partial charge in [-0.2, -0.15) is 0 Å². The second-order valence-corrected chi connectivity index (χ2v) is 6.91. The van der Waals surface area contributed by atoms with Gasteiger partial charge in [0.1, 0.15) is 6.04 Å². The maximum absolute atomic E-state index is 12.2. The second kappa shape index (κ2) is 9.63. The third-order valence-corrected chi connectivity index (χ3v) is 4.61. The van der Waals surface area contributed by atoms with Crippen LogP contribution in [0.5, 0.6) is 0 Å². The average Bonchev–Trinajstić information content (AvgIpc) is 2.60. The van der Waals surface area contributed by atoms with Crippen molar-refractivity contribution in [2.75, 3.05) is 44.2 Å². The van der Waals surface area contributed by atoms with Crippen LogP contribution in [0.2, 0.25) is 5.02 Å². The Bertz CT molecular complexity index is 588. The van der Waals surface area contributed by atoms with E-state index in [-0.39, 0.29) is 11.8 Å². The monoisotopic (exact) mass is 367 g/mol. The summed E-state index contributed by atoms with van der Waals surface area (Å²) < 4.78 is 0. The normalized spacial score (nSPS) is 16.4. The number of nitrogens with one attached hydrogen (secondary N) is 3. The Morgan fingerprint density at radius 1 is 1.32 bits per heavy atom. The predicted octanol–water partition coefficient (Wildman–Crippen LogP) is 0.0758. The molecule has 1 atom stereocenters. The van der Waals surface area contributed by atoms with Crippen LogP contribution in [0.4, 0.5) is 5.69 Å². The molecule has 1 aliphatic rings. The van der Waals surface area contributed by atoms with Crippen molar-refractivity contribution in [3.05, 3.63) is 29.3 Å². The van der Waals surface area contributed by atoms with Crippen LogP contribution in [-0.2, 0) is 9.59 Å². The van der Waals surface area contributed by atoms with Crippen LogP contribution in [0.1, 0.15) is 20.3 Å². The summed E-state index contributed by atoms with van der Waals surface area (Å²) in [5.41, 5.74) is 1.12. The van der Waals surface area contributed by atoms with Crippen molar-refractivity contribution in [3.63, 3.8) is 0 Å². The fourth-order valence-electron chi connectivity index (χ4n) is 2.92. The highest BCUT2D eigenvalue weighted by Gasteiger charge is 2.24. The van der Waals surface area contributed by atoms with E-state index in [0.717, 1.165) is 43.3 Å². The van der Waals surface area contributed by atoms with Gasteiger partial charge in [-0.1, -0.05) is 24.6 Å². The maximum atomic E-state index is 12.2. The van der Waals surface area contributed by atoms with E-state index in [9.17, 15) is 9.59 Å². The number of hydrogen-bond donors (Lipinski definition) is 3. The lowest BCUT2D eigenvalue weighted by atomic mass is 10.2. The zero-order chi connectivity index (χ0) is 18.2. The molecule has 2 amide bonds. The van der Waals surface area contributed by atoms with Gasteiger partial charge in [0.25, 0.3) is 5.91 Å². The van der Waals surface area contributed by atoms with Gasteiger partial charge < -0.3 is 20.4 Å². The van der Waals surface area contributed by atoms with Crippen molar-refractivity contribution >= 4 is 29.1 Å². The predicted molar refractivity (Wildman–Crippen MR) is 100 cm³/mol. The number of benzene rings is 1. The minimum absolute atomic E-state index is 0.0784. The topological polar surface area (TPSA) is 65.9 Å². The van der Waals surface area contributed by atoms with E-state index in [1.807, 2.05) is 25.1 Å². The van der Waals surface area contributed by atoms with Crippen LogP contribution in [0.15, 0.2) is 24.3 Å². The number of carbonyl (C=O) groups is 2. The lowest BCUT2D eigenvalue weighted by Crippen LogP contribution is -3.16. The Hall–Kier alpha value is -1.79. The first-order valence-electron chi connectivity index (χ1n) is 8.90. The number of halogens is 1. The van der Waals surface area contributed by atoms with Crippen LogP contribution in [-0.4, -0.2) is 57.1 Å². The van der Waals surface area contributed by atoms with Gasteiger partial charge in [-0.05, 0) is 31.5 Å². The molecule has 138 valence electrons. The molecule has 0 spiro atoms. The molecule has 25 heavy (non-hydrogen) atoms. The Kier molecular flexibility index (Phi) is 7.52. The summed E-state index contributed by atoms with van der Waals surface area (Å²) in [7, 11) is 0. The number of rotatable bonds is 7. The number of quaternary nitrogens is 1. The van der Waals surface area contributed by atoms with Gasteiger partial charge in [0.05, 0.1) is 26.2 Å². The molecular formula is C18H28ClN4O2+. The summed E-state index contributed by atoms with van der Waals surface area (Å²) in [5, 5.41) is 6.31. The summed E-state index contributed by atoms with van der Waals surface area (Å²) in [4.78, 5) is 27.5. The van der Waals surface area contributed by atoms with E-state index in [0.29, 0.717) is 13.1 Å². The van der Waals surface area contributed by atoms with E-state index in [4.69, 9.17) is 11.6 Å². The van der Waals surface area contributed by atoms with Gasteiger partial charge in [0.2, 0.25) is 5.91 Å². The van der Waals surface area contributed by atoms with Crippen LogP contribution < -0.4 is 20.4 Å². The molecule has 2 rings (SSSR count). The van der Waals surface area contributed by atoms with E-state index in [1.54, 1.807) is 6.92 Å². The highest BCUT2D eigenvalue weighted by atomic mass is 35.5. The first kappa shape index (κ1) is 19.5. The number of anilines is 1. The molecular weight excluding hydrogens is 340 g/mol. The number of carbonyl (C=O) groups excluding carboxylic acids is 2. The SMILES string of the molecule is CCCNC(=O)[C@@H](C)NC(=O)C[NH+]1CCN(c2cccc(Cl)c2)CC1. The smallest absolute Gasteiger partial charge is 0.275 e. The summed E-state index contributed by atoms with van der Waals surface area (Å²) >= 11 is 6.05. The first-order chi connectivity index (χ1) is 12.0. The molecule has 1 fully saturated rings. The largest absolute Gasteiger partial charge is 0.360 e. The summed E-state index contributed by atoms with van der Waals surface area (Å²) in [6.45, 7) is 8.29. The molecule has 1 aromatic carbocycles. The fourth-order valence-corrected chi connectivity index (χ4v) is 3.10. The van der Waals surface area contributed by atoms with Crippen molar-refractivity contribution in [1.29, 1.82) is 0 Å². The Morgan fingerprint density at radius 2 is 2.04 bits per heavy atom. The van der Waals surface area contributed by atoms with Crippen LogP contribution in [0.25, 0.3) is 0 Å². The summed E-state index contributed by atoms with van der Waals surface area (Å²) in [6, 6.07) is 7.35. The van der Waals surface area contributed by atoms with Gasteiger partial charge in [-0.3, -0.25) is 9.59 Å². The third-order valence-electron chi connectivity index (χ3n) is 4.37. The van der Waals surface area contributed by atoms with E-state index < -0.39 is 6.04 Å². The molecule has 0 aromatic heterocycles. The quantitative estimate of drug-likeness (QED) is 0.639. The van der Waals surface area contributed by atoms with Crippen molar-refractivity contribution < 1.29 is 14.5 Å². The van der Waals surface area contributed by atoms with Crippen LogP contribution >= 0.6 is 11.6 Å². The van der Waals surface area contributed by atoms with E-state index in [2.05, 4.69) is 21.6 Å². The van der Waals surface area contributed by atoms with Crippen LogP contribution in [0.3, 0.4) is 0 Å². The van der Waals surface area contributed by atoms with Crippen molar-refractivity contribution in [2.45, 2.75) is 26.3 Å². The van der Waals surface area contributed by atoms with Gasteiger partial charge in [-0.25, -0.2) is 0 Å². The molecule has 1 saturated heterocycles. The summed E-state index contributed by atoms with van der Waals surface area (Å²) in [6.07, 6.45) is 0.882. The van der Waals surface area contributed by atoms with E-state index >= 15 is 0 Å². The zero-order valence-electron chi connectivity index (χ0n) is 15.0. The van der Waals surface area contributed by atoms with Crippen molar-refractivity contribution in [2.24, 2.45) is 0 Å².